The maximum Gasteiger partial charge on any atom is 0.343 e. The zero-order chi connectivity index (χ0) is 11.0. The van der Waals surface area contributed by atoms with Crippen LogP contribution in [0.5, 0.6) is 5.75 Å². The molecule has 0 fully saturated rings. The fraction of sp³-hybridized carbons (Fsp3) is 0.200. The fourth-order valence-electron chi connectivity index (χ4n) is 1.54. The maximum absolute atomic E-state index is 11.1. The van der Waals surface area contributed by atoms with Crippen LogP contribution < -0.4 is 15.5 Å². The zero-order valence-electron chi connectivity index (χ0n) is 8.46. The number of benzene rings is 1. The summed E-state index contributed by atoms with van der Waals surface area (Å²) in [4.78, 5) is 14.1. The fourth-order valence-corrected chi connectivity index (χ4v) is 1.54. The lowest BCUT2D eigenvalue weighted by molar-refractivity contribution is -0.366. The van der Waals surface area contributed by atoms with Crippen LogP contribution in [0.15, 0.2) is 16.5 Å². The Labute approximate surface area is 85.8 Å². The largest absolute Gasteiger partial charge is 0.490 e. The van der Waals surface area contributed by atoms with Gasteiger partial charge < -0.3 is 14.9 Å². The summed E-state index contributed by atoms with van der Waals surface area (Å²) in [6, 6.07) is 3.27. The first-order valence-corrected chi connectivity index (χ1v) is 4.42. The van der Waals surface area contributed by atoms with Crippen LogP contribution in [0.2, 0.25) is 0 Å². The van der Waals surface area contributed by atoms with Gasteiger partial charge in [-0.3, -0.25) is 4.79 Å². The molecule has 5 nitrogen and oxygen atoms in total. The zero-order valence-corrected chi connectivity index (χ0v) is 8.46. The van der Waals surface area contributed by atoms with Gasteiger partial charge in [-0.25, -0.2) is 0 Å². The van der Waals surface area contributed by atoms with Gasteiger partial charge in [-0.1, -0.05) is 0 Å². The number of ether oxygens (including phenoxy) is 1. The van der Waals surface area contributed by atoms with E-state index in [4.69, 9.17) is 14.9 Å². The third kappa shape index (κ3) is 1.41. The third-order valence-electron chi connectivity index (χ3n) is 2.15. The first kappa shape index (κ1) is 9.51. The van der Waals surface area contributed by atoms with Crippen molar-refractivity contribution in [3.05, 3.63) is 23.6 Å². The second-order valence-electron chi connectivity index (χ2n) is 3.17. The van der Waals surface area contributed by atoms with E-state index in [2.05, 4.69) is 4.98 Å². The van der Waals surface area contributed by atoms with Crippen LogP contribution in [0.1, 0.15) is 16.2 Å². The molecule has 1 amide bonds. The van der Waals surface area contributed by atoms with E-state index in [0.717, 1.165) is 0 Å². The predicted octanol–water partition coefficient (Wildman–Crippen LogP) is 0.663. The Kier molecular flexibility index (Phi) is 2.07. The second-order valence-corrected chi connectivity index (χ2v) is 3.17. The van der Waals surface area contributed by atoms with E-state index in [9.17, 15) is 4.79 Å². The molecule has 0 aliphatic carbocycles. The van der Waals surface area contributed by atoms with Crippen molar-refractivity contribution in [3.8, 4) is 5.75 Å². The minimum absolute atomic E-state index is 0.335. The number of hydrogen-bond donors (Lipinski definition) is 1. The smallest absolute Gasteiger partial charge is 0.343 e. The predicted molar refractivity (Wildman–Crippen MR) is 52.6 cm³/mol. The molecule has 0 spiro atoms. The quantitative estimate of drug-likeness (QED) is 0.785. The molecule has 0 saturated carbocycles. The first-order valence-electron chi connectivity index (χ1n) is 4.42. The van der Waals surface area contributed by atoms with E-state index in [-0.39, 0.29) is 0 Å². The molecule has 1 heterocycles. The Bertz CT molecular complexity index is 531. The summed E-state index contributed by atoms with van der Waals surface area (Å²) in [6.07, 6.45) is 0. The summed E-state index contributed by atoms with van der Waals surface area (Å²) < 4.78 is 10.5. The molecule has 0 radical (unpaired) electrons. The van der Waals surface area contributed by atoms with Gasteiger partial charge in [0.2, 0.25) is 11.3 Å². The lowest BCUT2D eigenvalue weighted by atomic mass is 10.1. The van der Waals surface area contributed by atoms with Crippen molar-refractivity contribution in [1.82, 2.24) is 0 Å². The number of nitrogens with two attached hydrogens (primary N) is 1. The summed E-state index contributed by atoms with van der Waals surface area (Å²) in [5.74, 6) is 0.530. The summed E-state index contributed by atoms with van der Waals surface area (Å²) >= 11 is 0. The molecule has 0 atom stereocenters. The van der Waals surface area contributed by atoms with Gasteiger partial charge in [0.05, 0.1) is 19.6 Å². The number of hydrogen-bond acceptors (Lipinski definition) is 3. The van der Waals surface area contributed by atoms with Gasteiger partial charge in [0.15, 0.2) is 0 Å². The molecular formula is C10H11N2O3+. The molecule has 3 N–H and O–H groups in total. The van der Waals surface area contributed by atoms with Gasteiger partial charge in [0.25, 0.3) is 11.4 Å². The topological polar surface area (TPSA) is 79.6 Å². The van der Waals surface area contributed by atoms with E-state index in [1.54, 1.807) is 19.1 Å². The number of methoxy groups -OCH3 is 1. The van der Waals surface area contributed by atoms with Crippen molar-refractivity contribution in [3.63, 3.8) is 0 Å². The SMILES string of the molecule is COc1c(C(N)=O)ccc2oc(C)[nH+]c12. The number of rotatable bonds is 2. The number of fused-ring (bicyclic) bond motifs is 1. The highest BCUT2D eigenvalue weighted by Crippen LogP contribution is 2.26. The van der Waals surface area contributed by atoms with Crippen LogP contribution in [0, 0.1) is 6.92 Å². The minimum atomic E-state index is -0.527. The summed E-state index contributed by atoms with van der Waals surface area (Å²) in [6.45, 7) is 1.78. The van der Waals surface area contributed by atoms with Crippen molar-refractivity contribution in [2.75, 3.05) is 7.11 Å². The van der Waals surface area contributed by atoms with Gasteiger partial charge in [-0.2, -0.15) is 4.98 Å². The van der Waals surface area contributed by atoms with E-state index in [0.29, 0.717) is 28.3 Å². The normalized spacial score (nSPS) is 10.5. The highest BCUT2D eigenvalue weighted by Gasteiger charge is 2.21. The van der Waals surface area contributed by atoms with Crippen LogP contribution in [0.3, 0.4) is 0 Å². The van der Waals surface area contributed by atoms with Crippen molar-refractivity contribution >= 4 is 17.0 Å². The van der Waals surface area contributed by atoms with Crippen LogP contribution >= 0.6 is 0 Å². The molecule has 78 valence electrons. The van der Waals surface area contributed by atoms with E-state index in [1.807, 2.05) is 0 Å². The summed E-state index contributed by atoms with van der Waals surface area (Å²) in [5.41, 5.74) is 6.84. The molecule has 2 rings (SSSR count). The number of carbonyl (C=O) groups is 1. The van der Waals surface area contributed by atoms with Crippen LogP contribution in [-0.2, 0) is 0 Å². The average molecular weight is 207 g/mol. The molecule has 15 heavy (non-hydrogen) atoms. The Balaban J connectivity index is 2.80. The molecular weight excluding hydrogens is 196 g/mol. The minimum Gasteiger partial charge on any atom is -0.490 e. The molecule has 0 unspecified atom stereocenters. The van der Waals surface area contributed by atoms with Crippen molar-refractivity contribution < 1.29 is 18.9 Å². The Morgan fingerprint density at radius 2 is 2.27 bits per heavy atom. The Morgan fingerprint density at radius 1 is 1.53 bits per heavy atom. The van der Waals surface area contributed by atoms with Gasteiger partial charge in [-0.15, -0.1) is 0 Å². The first-order chi connectivity index (χ1) is 7.13. The van der Waals surface area contributed by atoms with E-state index < -0.39 is 5.91 Å². The van der Waals surface area contributed by atoms with E-state index >= 15 is 0 Å². The standard InChI is InChI=1S/C10H10N2O3/c1-5-12-8-7(15-5)4-3-6(10(11)13)9(8)14-2/h3-4H,1-2H3,(H2,11,13)/p+1. The number of primary amides is 1. The molecule has 0 aliphatic heterocycles. The van der Waals surface area contributed by atoms with Gasteiger partial charge in [0.1, 0.15) is 0 Å². The number of aryl methyl sites for hydroxylation is 1. The Hall–Kier alpha value is -2.04. The number of aromatic amines is 1. The lowest BCUT2D eigenvalue weighted by Gasteiger charge is -2.01. The number of amides is 1. The van der Waals surface area contributed by atoms with Crippen LogP contribution in [0.4, 0.5) is 0 Å². The molecule has 1 aromatic heterocycles. The summed E-state index contributed by atoms with van der Waals surface area (Å²) in [7, 11) is 1.48. The lowest BCUT2D eigenvalue weighted by Crippen LogP contribution is -2.14. The molecule has 5 heteroatoms. The monoisotopic (exact) mass is 207 g/mol. The number of carbonyl (C=O) groups excluding carboxylic acids is 1. The number of aromatic nitrogens is 1. The van der Waals surface area contributed by atoms with Crippen LogP contribution in [0.25, 0.3) is 11.1 Å². The van der Waals surface area contributed by atoms with Gasteiger partial charge in [-0.05, 0) is 12.1 Å². The third-order valence-corrected chi connectivity index (χ3v) is 2.15. The molecule has 1 aromatic carbocycles. The number of oxazole rings is 1. The molecule has 0 aliphatic rings. The number of nitrogens with one attached hydrogen (secondary N) is 1. The maximum atomic E-state index is 11.1. The van der Waals surface area contributed by atoms with Crippen molar-refractivity contribution in [2.45, 2.75) is 6.92 Å². The molecule has 2 aromatic rings. The van der Waals surface area contributed by atoms with Gasteiger partial charge >= 0.3 is 5.89 Å². The Morgan fingerprint density at radius 3 is 2.87 bits per heavy atom. The average Bonchev–Trinajstić information content (AvgIpc) is 2.55. The summed E-state index contributed by atoms with van der Waals surface area (Å²) in [5, 5.41) is 0. The molecule has 0 bridgehead atoms. The van der Waals surface area contributed by atoms with Crippen molar-refractivity contribution in [2.24, 2.45) is 5.73 Å². The highest BCUT2D eigenvalue weighted by molar-refractivity contribution is 6.00. The highest BCUT2D eigenvalue weighted by atomic mass is 16.5. The molecule has 0 saturated heterocycles. The number of H-pyrrole nitrogens is 1. The van der Waals surface area contributed by atoms with Gasteiger partial charge in [0, 0.05) is 0 Å². The van der Waals surface area contributed by atoms with Crippen LogP contribution in [-0.4, -0.2) is 13.0 Å². The van der Waals surface area contributed by atoms with Crippen molar-refractivity contribution in [1.29, 1.82) is 0 Å². The second kappa shape index (κ2) is 3.27. The van der Waals surface area contributed by atoms with E-state index in [1.165, 1.54) is 7.11 Å².